The Morgan fingerprint density at radius 1 is 1.04 bits per heavy atom. The van der Waals surface area contributed by atoms with Gasteiger partial charge in [-0.2, -0.15) is 13.2 Å². The Morgan fingerprint density at radius 2 is 1.82 bits per heavy atom. The van der Waals surface area contributed by atoms with Gasteiger partial charge in [0.05, 0.1) is 10.6 Å². The highest BCUT2D eigenvalue weighted by molar-refractivity contribution is 6.36. The lowest BCUT2D eigenvalue weighted by Crippen LogP contribution is -2.10. The lowest BCUT2D eigenvalue weighted by atomic mass is 10.2. The van der Waals surface area contributed by atoms with Crippen LogP contribution in [0.3, 0.4) is 0 Å². The highest BCUT2D eigenvalue weighted by Crippen LogP contribution is 2.32. The summed E-state index contributed by atoms with van der Waals surface area (Å²) in [4.78, 5) is 12.0. The molecule has 28 heavy (non-hydrogen) atoms. The van der Waals surface area contributed by atoms with Crippen LogP contribution in [0.25, 0.3) is 17.4 Å². The van der Waals surface area contributed by atoms with E-state index in [1.807, 2.05) is 0 Å². The van der Waals surface area contributed by atoms with Gasteiger partial charge in [-0.1, -0.05) is 29.3 Å². The van der Waals surface area contributed by atoms with Crippen molar-refractivity contribution in [1.29, 1.82) is 0 Å². The van der Waals surface area contributed by atoms with Gasteiger partial charge in [-0.3, -0.25) is 4.79 Å². The number of furan rings is 1. The largest absolute Gasteiger partial charge is 0.457 e. The molecule has 0 radical (unpaired) electrons. The first-order valence-electron chi connectivity index (χ1n) is 7.94. The number of benzene rings is 2. The summed E-state index contributed by atoms with van der Waals surface area (Å²) in [5.74, 6) is 0.265. The van der Waals surface area contributed by atoms with Crippen LogP contribution >= 0.6 is 23.2 Å². The van der Waals surface area contributed by atoms with Crippen molar-refractivity contribution < 1.29 is 22.4 Å². The van der Waals surface area contributed by atoms with E-state index in [0.717, 1.165) is 18.2 Å². The number of alkyl halides is 3. The van der Waals surface area contributed by atoms with Gasteiger partial charge < -0.3 is 9.73 Å². The van der Waals surface area contributed by atoms with Crippen LogP contribution in [0.4, 0.5) is 18.9 Å². The predicted molar refractivity (Wildman–Crippen MR) is 103 cm³/mol. The molecular formula is C20H12Cl2F3NO2. The van der Waals surface area contributed by atoms with Gasteiger partial charge in [0.1, 0.15) is 11.5 Å². The molecule has 0 bridgehead atoms. The van der Waals surface area contributed by atoms with Crippen molar-refractivity contribution in [1.82, 2.24) is 0 Å². The van der Waals surface area contributed by atoms with Crippen molar-refractivity contribution in [3.05, 3.63) is 82.0 Å². The maximum atomic E-state index is 12.7. The molecule has 8 heteroatoms. The van der Waals surface area contributed by atoms with Crippen LogP contribution in [-0.2, 0) is 11.0 Å². The molecule has 0 aliphatic carbocycles. The molecule has 0 spiro atoms. The van der Waals surface area contributed by atoms with Crippen LogP contribution in [-0.4, -0.2) is 5.91 Å². The van der Waals surface area contributed by atoms with Gasteiger partial charge in [0, 0.05) is 22.3 Å². The Labute approximate surface area is 168 Å². The molecule has 1 N–H and O–H groups in total. The van der Waals surface area contributed by atoms with Gasteiger partial charge in [0.15, 0.2) is 0 Å². The Hall–Kier alpha value is -2.70. The number of nitrogens with one attached hydrogen (secondary N) is 1. The summed E-state index contributed by atoms with van der Waals surface area (Å²) in [6.07, 6.45) is -1.92. The average Bonchev–Trinajstić information content (AvgIpc) is 3.08. The maximum Gasteiger partial charge on any atom is 0.416 e. The van der Waals surface area contributed by atoms with Crippen molar-refractivity contribution in [2.75, 3.05) is 5.32 Å². The zero-order valence-corrected chi connectivity index (χ0v) is 15.6. The third-order valence-electron chi connectivity index (χ3n) is 3.68. The maximum absolute atomic E-state index is 12.7. The number of hydrogen-bond donors (Lipinski definition) is 1. The Balaban J connectivity index is 1.69. The third kappa shape index (κ3) is 4.97. The van der Waals surface area contributed by atoms with Gasteiger partial charge >= 0.3 is 6.18 Å². The second-order valence-electron chi connectivity index (χ2n) is 5.73. The van der Waals surface area contributed by atoms with E-state index in [9.17, 15) is 18.0 Å². The summed E-state index contributed by atoms with van der Waals surface area (Å²) in [7, 11) is 0. The monoisotopic (exact) mass is 425 g/mol. The standard InChI is InChI=1S/C20H12Cl2F3NO2/c21-13-4-7-16(17(22)11-13)18-8-5-15(28-18)6-9-19(27)26-14-3-1-2-12(10-14)20(23,24)25/h1-11H,(H,26,27)/b9-6+. The number of carbonyl (C=O) groups is 1. The summed E-state index contributed by atoms with van der Waals surface area (Å²) < 4.78 is 43.7. The summed E-state index contributed by atoms with van der Waals surface area (Å²) in [6.45, 7) is 0. The van der Waals surface area contributed by atoms with Crippen molar-refractivity contribution in [2.45, 2.75) is 6.18 Å². The van der Waals surface area contributed by atoms with E-state index in [2.05, 4.69) is 5.32 Å². The second-order valence-corrected chi connectivity index (χ2v) is 6.57. The van der Waals surface area contributed by atoms with Crippen LogP contribution in [0, 0.1) is 0 Å². The van der Waals surface area contributed by atoms with Crippen LogP contribution < -0.4 is 5.32 Å². The number of rotatable bonds is 4. The number of halogens is 5. The lowest BCUT2D eigenvalue weighted by molar-refractivity contribution is -0.137. The number of anilines is 1. The van der Waals surface area contributed by atoms with Crippen molar-refractivity contribution in [2.24, 2.45) is 0 Å². The normalized spacial score (nSPS) is 11.8. The van der Waals surface area contributed by atoms with E-state index in [4.69, 9.17) is 27.6 Å². The lowest BCUT2D eigenvalue weighted by Gasteiger charge is -2.08. The highest BCUT2D eigenvalue weighted by atomic mass is 35.5. The SMILES string of the molecule is O=C(/C=C/c1ccc(-c2ccc(Cl)cc2Cl)o1)Nc1cccc(C(F)(F)F)c1. The second kappa shape index (κ2) is 8.12. The van der Waals surface area contributed by atoms with E-state index < -0.39 is 17.6 Å². The van der Waals surface area contributed by atoms with Crippen molar-refractivity contribution >= 4 is 40.9 Å². The van der Waals surface area contributed by atoms with Crippen LogP contribution in [0.15, 0.2) is 65.1 Å². The minimum Gasteiger partial charge on any atom is -0.457 e. The Morgan fingerprint density at radius 3 is 2.54 bits per heavy atom. The zero-order valence-electron chi connectivity index (χ0n) is 14.1. The summed E-state index contributed by atoms with van der Waals surface area (Å²) >= 11 is 12.0. The van der Waals surface area contributed by atoms with Crippen LogP contribution in [0.5, 0.6) is 0 Å². The molecule has 144 valence electrons. The molecule has 1 heterocycles. The molecule has 2 aromatic carbocycles. The number of hydrogen-bond acceptors (Lipinski definition) is 2. The molecule has 1 amide bonds. The molecular weight excluding hydrogens is 414 g/mol. The molecule has 0 saturated carbocycles. The van der Waals surface area contributed by atoms with E-state index in [-0.39, 0.29) is 5.69 Å². The van der Waals surface area contributed by atoms with Crippen LogP contribution in [0.2, 0.25) is 10.0 Å². The number of amides is 1. The van der Waals surface area contributed by atoms with Crippen molar-refractivity contribution in [3.8, 4) is 11.3 Å². The van der Waals surface area contributed by atoms with Gasteiger partial charge in [0.25, 0.3) is 0 Å². The van der Waals surface area contributed by atoms with E-state index in [1.54, 1.807) is 30.3 Å². The molecule has 0 aliphatic rings. The molecule has 1 aromatic heterocycles. The predicted octanol–water partition coefficient (Wildman–Crippen LogP) is 6.92. The summed E-state index contributed by atoms with van der Waals surface area (Å²) in [5, 5.41) is 3.28. The Bertz CT molecular complexity index is 1040. The molecule has 0 atom stereocenters. The summed E-state index contributed by atoms with van der Waals surface area (Å²) in [5.41, 5.74) is -0.165. The van der Waals surface area contributed by atoms with Gasteiger partial charge in [0.2, 0.25) is 5.91 Å². The van der Waals surface area contributed by atoms with Crippen LogP contribution in [0.1, 0.15) is 11.3 Å². The molecule has 3 nitrogen and oxygen atoms in total. The highest BCUT2D eigenvalue weighted by Gasteiger charge is 2.30. The minimum absolute atomic E-state index is 0.0394. The smallest absolute Gasteiger partial charge is 0.416 e. The molecule has 0 unspecified atom stereocenters. The summed E-state index contributed by atoms with van der Waals surface area (Å²) in [6, 6.07) is 12.6. The zero-order chi connectivity index (χ0) is 20.3. The Kier molecular flexibility index (Phi) is 5.82. The van der Waals surface area contributed by atoms with Gasteiger partial charge in [-0.25, -0.2) is 0 Å². The first kappa shape index (κ1) is 20.0. The molecule has 0 fully saturated rings. The molecule has 3 rings (SSSR count). The fourth-order valence-corrected chi connectivity index (χ4v) is 2.89. The number of carbonyl (C=O) groups excluding carboxylic acids is 1. The first-order valence-corrected chi connectivity index (χ1v) is 8.69. The fraction of sp³-hybridized carbons (Fsp3) is 0.0500. The van der Waals surface area contributed by atoms with Crippen molar-refractivity contribution in [3.63, 3.8) is 0 Å². The van der Waals surface area contributed by atoms with Gasteiger partial charge in [-0.05, 0) is 54.6 Å². The first-order chi connectivity index (χ1) is 13.2. The minimum atomic E-state index is -4.48. The van der Waals surface area contributed by atoms with E-state index >= 15 is 0 Å². The van der Waals surface area contributed by atoms with Gasteiger partial charge in [-0.15, -0.1) is 0 Å². The molecule has 3 aromatic rings. The topological polar surface area (TPSA) is 42.2 Å². The quantitative estimate of drug-likeness (QED) is 0.460. The van der Waals surface area contributed by atoms with E-state index in [0.29, 0.717) is 27.1 Å². The molecule has 0 saturated heterocycles. The fourth-order valence-electron chi connectivity index (χ4n) is 2.39. The average molecular weight is 426 g/mol. The third-order valence-corrected chi connectivity index (χ3v) is 4.23. The molecule has 0 aliphatic heterocycles. The van der Waals surface area contributed by atoms with E-state index in [1.165, 1.54) is 18.2 Å².